The second-order valence-electron chi connectivity index (χ2n) is 4.21. The van der Waals surface area contributed by atoms with E-state index in [0.29, 0.717) is 18.5 Å². The Hall–Kier alpha value is -0.770. The molecule has 1 aliphatic rings. The number of β-amino-alcohol motifs (C(OH)–C–C–N with tert-alkyl or cyclic N) is 1. The minimum absolute atomic E-state index is 0.175. The molecule has 1 rings (SSSR count). The number of aliphatic hydroxyl groups excluding tert-OH is 1. The monoisotopic (exact) mass is 198 g/mol. The molecule has 1 saturated heterocycles. The molecule has 1 N–H and O–H groups in total. The van der Waals surface area contributed by atoms with Crippen LogP contribution in [-0.4, -0.2) is 41.8 Å². The first kappa shape index (κ1) is 11.3. The van der Waals surface area contributed by atoms with Gasteiger partial charge in [0, 0.05) is 24.0 Å². The standard InChI is InChI=1S/C9H18N4O/c1-7-3-8(2)13(5-7)6-9(14)4-11-12-10/h7-9,14H,3-6H2,1-2H3/t7?,8?,9-/m0/s1. The van der Waals surface area contributed by atoms with Crippen molar-refractivity contribution in [2.24, 2.45) is 11.0 Å². The molecular weight excluding hydrogens is 180 g/mol. The number of aliphatic hydroxyl groups is 1. The third-order valence-electron chi connectivity index (χ3n) is 2.71. The summed E-state index contributed by atoms with van der Waals surface area (Å²) in [4.78, 5) is 4.88. The van der Waals surface area contributed by atoms with Crippen LogP contribution in [0.2, 0.25) is 0 Å². The molecule has 0 radical (unpaired) electrons. The minimum Gasteiger partial charge on any atom is -0.392 e. The smallest absolute Gasteiger partial charge is 0.0723 e. The molecule has 1 aliphatic heterocycles. The van der Waals surface area contributed by atoms with Crippen molar-refractivity contribution in [3.63, 3.8) is 0 Å². The van der Waals surface area contributed by atoms with E-state index in [1.165, 1.54) is 6.42 Å². The lowest BCUT2D eigenvalue weighted by molar-refractivity contribution is 0.114. The number of hydrogen-bond donors (Lipinski definition) is 1. The molecule has 0 spiro atoms. The maximum absolute atomic E-state index is 9.54. The highest BCUT2D eigenvalue weighted by atomic mass is 16.3. The highest BCUT2D eigenvalue weighted by Gasteiger charge is 2.26. The molecule has 1 heterocycles. The fourth-order valence-electron chi connectivity index (χ4n) is 2.10. The highest BCUT2D eigenvalue weighted by molar-refractivity contribution is 4.82. The van der Waals surface area contributed by atoms with E-state index in [9.17, 15) is 5.11 Å². The molecule has 14 heavy (non-hydrogen) atoms. The van der Waals surface area contributed by atoms with Crippen molar-refractivity contribution in [1.82, 2.24) is 4.90 Å². The second-order valence-corrected chi connectivity index (χ2v) is 4.21. The Balaban J connectivity index is 2.32. The van der Waals surface area contributed by atoms with Gasteiger partial charge in [-0.05, 0) is 24.8 Å². The van der Waals surface area contributed by atoms with Gasteiger partial charge in [0.25, 0.3) is 0 Å². The number of nitrogens with zero attached hydrogens (tertiary/aromatic N) is 4. The number of rotatable bonds is 4. The topological polar surface area (TPSA) is 72.2 Å². The molecule has 1 fully saturated rings. The van der Waals surface area contributed by atoms with Crippen LogP contribution in [0, 0.1) is 5.92 Å². The largest absolute Gasteiger partial charge is 0.392 e. The zero-order valence-electron chi connectivity index (χ0n) is 8.80. The summed E-state index contributed by atoms with van der Waals surface area (Å²) >= 11 is 0. The first-order valence-corrected chi connectivity index (χ1v) is 5.06. The van der Waals surface area contributed by atoms with Crippen molar-refractivity contribution in [2.45, 2.75) is 32.4 Å². The van der Waals surface area contributed by atoms with E-state index in [1.54, 1.807) is 0 Å². The summed E-state index contributed by atoms with van der Waals surface area (Å²) in [6, 6.07) is 0.533. The van der Waals surface area contributed by atoms with Crippen molar-refractivity contribution < 1.29 is 5.11 Å². The molecule has 5 heteroatoms. The summed E-state index contributed by atoms with van der Waals surface area (Å²) in [7, 11) is 0. The van der Waals surface area contributed by atoms with Gasteiger partial charge in [-0.1, -0.05) is 12.0 Å². The maximum Gasteiger partial charge on any atom is 0.0723 e. The van der Waals surface area contributed by atoms with E-state index in [-0.39, 0.29) is 6.54 Å². The molecular formula is C9H18N4O. The number of hydrogen-bond acceptors (Lipinski definition) is 3. The minimum atomic E-state index is -0.529. The first-order chi connectivity index (χ1) is 6.63. The Kier molecular flexibility index (Phi) is 4.20. The predicted octanol–water partition coefficient (Wildman–Crippen LogP) is 1.39. The van der Waals surface area contributed by atoms with Gasteiger partial charge in [-0.25, -0.2) is 0 Å². The highest BCUT2D eigenvalue weighted by Crippen LogP contribution is 2.22. The number of likely N-dealkylation sites (tertiary alicyclic amines) is 1. The normalized spacial score (nSPS) is 29.9. The molecule has 0 aromatic rings. The third-order valence-corrected chi connectivity index (χ3v) is 2.71. The zero-order valence-corrected chi connectivity index (χ0v) is 8.80. The van der Waals surface area contributed by atoms with E-state index in [4.69, 9.17) is 5.53 Å². The van der Waals surface area contributed by atoms with Crippen LogP contribution in [0.1, 0.15) is 20.3 Å². The van der Waals surface area contributed by atoms with Gasteiger partial charge >= 0.3 is 0 Å². The molecule has 0 saturated carbocycles. The Bertz CT molecular complexity index is 227. The summed E-state index contributed by atoms with van der Waals surface area (Å²) in [5.74, 6) is 0.705. The predicted molar refractivity (Wildman–Crippen MR) is 54.8 cm³/mol. The quantitative estimate of drug-likeness (QED) is 0.421. The van der Waals surface area contributed by atoms with Crippen LogP contribution in [0.5, 0.6) is 0 Å². The van der Waals surface area contributed by atoms with E-state index < -0.39 is 6.10 Å². The summed E-state index contributed by atoms with van der Waals surface area (Å²) in [6.45, 7) is 6.22. The Morgan fingerprint density at radius 1 is 1.64 bits per heavy atom. The van der Waals surface area contributed by atoms with Crippen LogP contribution in [0.25, 0.3) is 10.4 Å². The van der Waals surface area contributed by atoms with E-state index in [2.05, 4.69) is 28.8 Å². The third kappa shape index (κ3) is 3.18. The first-order valence-electron chi connectivity index (χ1n) is 5.06. The zero-order chi connectivity index (χ0) is 10.6. The average Bonchev–Trinajstić information content (AvgIpc) is 2.42. The van der Waals surface area contributed by atoms with Gasteiger partial charge in [0.15, 0.2) is 0 Å². The van der Waals surface area contributed by atoms with Gasteiger partial charge in [0.2, 0.25) is 0 Å². The van der Waals surface area contributed by atoms with Crippen molar-refractivity contribution in [3.05, 3.63) is 10.4 Å². The van der Waals surface area contributed by atoms with Crippen molar-refractivity contribution >= 4 is 0 Å². The van der Waals surface area contributed by atoms with Crippen LogP contribution in [0.4, 0.5) is 0 Å². The van der Waals surface area contributed by atoms with Crippen LogP contribution in [-0.2, 0) is 0 Å². The average molecular weight is 198 g/mol. The molecule has 2 unspecified atom stereocenters. The summed E-state index contributed by atoms with van der Waals surface area (Å²) < 4.78 is 0. The Labute approximate surface area is 84.3 Å². The fraction of sp³-hybridized carbons (Fsp3) is 1.00. The van der Waals surface area contributed by atoms with Crippen LogP contribution < -0.4 is 0 Å². The molecule has 0 amide bonds. The Morgan fingerprint density at radius 3 is 2.86 bits per heavy atom. The van der Waals surface area contributed by atoms with Gasteiger partial charge in [0.1, 0.15) is 0 Å². The van der Waals surface area contributed by atoms with E-state index in [0.717, 1.165) is 6.54 Å². The van der Waals surface area contributed by atoms with Gasteiger partial charge < -0.3 is 5.11 Å². The maximum atomic E-state index is 9.54. The molecule has 0 bridgehead atoms. The Morgan fingerprint density at radius 2 is 2.36 bits per heavy atom. The summed E-state index contributed by atoms with van der Waals surface area (Å²) in [5, 5.41) is 12.9. The molecule has 0 aromatic carbocycles. The SMILES string of the molecule is CC1CC(C)N(C[C@@H](O)CN=[N+]=[N-])C1. The van der Waals surface area contributed by atoms with Crippen LogP contribution >= 0.6 is 0 Å². The van der Waals surface area contributed by atoms with Gasteiger partial charge in [0.05, 0.1) is 12.6 Å². The fourth-order valence-corrected chi connectivity index (χ4v) is 2.10. The summed E-state index contributed by atoms with van der Waals surface area (Å²) in [6.07, 6.45) is 0.660. The van der Waals surface area contributed by atoms with E-state index in [1.807, 2.05) is 0 Å². The van der Waals surface area contributed by atoms with Gasteiger partial charge in [-0.15, -0.1) is 0 Å². The van der Waals surface area contributed by atoms with Crippen LogP contribution in [0.15, 0.2) is 5.11 Å². The molecule has 0 aromatic heterocycles. The van der Waals surface area contributed by atoms with Gasteiger partial charge in [-0.3, -0.25) is 4.90 Å². The number of azide groups is 1. The lowest BCUT2D eigenvalue weighted by Gasteiger charge is -2.23. The van der Waals surface area contributed by atoms with Gasteiger partial charge in [-0.2, -0.15) is 0 Å². The van der Waals surface area contributed by atoms with Crippen molar-refractivity contribution in [1.29, 1.82) is 0 Å². The lowest BCUT2D eigenvalue weighted by atomic mass is 10.1. The molecule has 0 aliphatic carbocycles. The molecule has 5 nitrogen and oxygen atoms in total. The molecule has 80 valence electrons. The summed E-state index contributed by atoms with van der Waals surface area (Å²) in [5.41, 5.74) is 8.10. The van der Waals surface area contributed by atoms with Crippen molar-refractivity contribution in [3.8, 4) is 0 Å². The lowest BCUT2D eigenvalue weighted by Crippen LogP contribution is -2.36. The van der Waals surface area contributed by atoms with Crippen LogP contribution in [0.3, 0.4) is 0 Å². The second kappa shape index (κ2) is 5.20. The molecule has 3 atom stereocenters. The van der Waals surface area contributed by atoms with Crippen molar-refractivity contribution in [2.75, 3.05) is 19.6 Å². The van der Waals surface area contributed by atoms with E-state index >= 15 is 0 Å².